The van der Waals surface area contributed by atoms with Crippen molar-refractivity contribution >= 4 is 47.4 Å². The van der Waals surface area contributed by atoms with E-state index in [1.807, 2.05) is 6.92 Å². The summed E-state index contributed by atoms with van der Waals surface area (Å²) in [6.45, 7) is 6.73. The minimum absolute atomic E-state index is 0.00941. The average Bonchev–Trinajstić information content (AvgIpc) is 3.77. The van der Waals surface area contributed by atoms with E-state index in [2.05, 4.69) is 46.9 Å². The lowest BCUT2D eigenvalue weighted by molar-refractivity contribution is -0.142. The normalized spacial score (nSPS) is 14.3. The number of benzene rings is 2. The van der Waals surface area contributed by atoms with Crippen molar-refractivity contribution in [3.8, 4) is 0 Å². The lowest BCUT2D eigenvalue weighted by Gasteiger charge is -2.29. The van der Waals surface area contributed by atoms with Crippen molar-refractivity contribution in [2.75, 3.05) is 13.1 Å². The number of rotatable bonds is 26. The van der Waals surface area contributed by atoms with E-state index in [-0.39, 0.29) is 38.2 Å². The van der Waals surface area contributed by atoms with Gasteiger partial charge in [-0.3, -0.25) is 33.8 Å². The Balaban J connectivity index is 1.80. The van der Waals surface area contributed by atoms with Crippen LogP contribution in [0.3, 0.4) is 0 Å². The number of guanidine groups is 1. The van der Waals surface area contributed by atoms with E-state index in [9.17, 15) is 38.7 Å². The number of nitrogens with zero attached hydrogens (tertiary/aromatic N) is 2. The van der Waals surface area contributed by atoms with Gasteiger partial charge in [0.25, 0.3) is 0 Å². The summed E-state index contributed by atoms with van der Waals surface area (Å²) < 4.78 is 0. The third-order valence-electron chi connectivity index (χ3n) is 10.2. The highest BCUT2D eigenvalue weighted by Gasteiger charge is 2.35. The summed E-state index contributed by atoms with van der Waals surface area (Å²) >= 11 is 0. The van der Waals surface area contributed by atoms with Gasteiger partial charge in [0.2, 0.25) is 35.4 Å². The van der Waals surface area contributed by atoms with Crippen LogP contribution in [0.1, 0.15) is 63.8 Å². The van der Waals surface area contributed by atoms with Gasteiger partial charge in [-0.1, -0.05) is 94.8 Å². The molecule has 6 amide bonds. The Hall–Kier alpha value is -6.83. The summed E-state index contributed by atoms with van der Waals surface area (Å²) in [5.74, 6) is -6.45. The molecule has 0 saturated heterocycles. The molecule has 63 heavy (non-hydrogen) atoms. The van der Waals surface area contributed by atoms with Crippen molar-refractivity contribution < 1.29 is 38.7 Å². The maximum atomic E-state index is 14.2. The number of imidazole rings is 1. The number of nitrogens with one attached hydrogen (secondary N) is 7. The quantitative estimate of drug-likeness (QED) is 0.0267. The lowest BCUT2D eigenvalue weighted by atomic mass is 9.96. The molecule has 0 unspecified atom stereocenters. The van der Waals surface area contributed by atoms with Gasteiger partial charge in [-0.25, -0.2) is 9.78 Å². The van der Waals surface area contributed by atoms with Crippen molar-refractivity contribution in [2.45, 2.75) is 102 Å². The van der Waals surface area contributed by atoms with E-state index >= 15 is 0 Å². The van der Waals surface area contributed by atoms with E-state index in [0.717, 1.165) is 0 Å². The van der Waals surface area contributed by atoms with Crippen molar-refractivity contribution in [1.82, 2.24) is 41.9 Å². The fraction of sp³-hybridized carbons (Fsp3) is 0.465. The number of aliphatic imine (C=N–C) groups is 1. The number of aliphatic carboxylic acids is 1. The summed E-state index contributed by atoms with van der Waals surface area (Å²) in [5.41, 5.74) is 18.4. The molecular weight excluding hydrogens is 813 g/mol. The number of carboxylic acid groups (broad SMARTS) is 1. The van der Waals surface area contributed by atoms with Gasteiger partial charge in [-0.2, -0.15) is 0 Å². The van der Waals surface area contributed by atoms with Gasteiger partial charge in [-0.05, 0) is 35.8 Å². The maximum Gasteiger partial charge on any atom is 0.326 e. The predicted octanol–water partition coefficient (Wildman–Crippen LogP) is -0.855. The van der Waals surface area contributed by atoms with Gasteiger partial charge < -0.3 is 59.2 Å². The molecule has 0 aliphatic heterocycles. The van der Waals surface area contributed by atoms with Gasteiger partial charge in [0.15, 0.2) is 5.96 Å². The van der Waals surface area contributed by atoms with Crippen LogP contribution < -0.4 is 49.1 Å². The minimum atomic E-state index is -1.30. The SMILES string of the molecule is CC[C@H](C)[C@H](NC(=O)[C@H](Cc1ccccc1)NC(=O)[C@H](Cc1cnc[nH]1)NC(=O)[C@@H](NC(=O)CNC(=O)[C@@H](N)CCCN=C(N)N)C(C)C)C(=O)N[C@@H](Cc1ccccc1)C(=O)O. The van der Waals surface area contributed by atoms with Crippen LogP contribution in [-0.2, 0) is 52.8 Å². The molecular formula is C43H62N12O8. The highest BCUT2D eigenvalue weighted by molar-refractivity contribution is 5.97. The Morgan fingerprint density at radius 1 is 0.714 bits per heavy atom. The van der Waals surface area contributed by atoms with Gasteiger partial charge in [-0.15, -0.1) is 0 Å². The Labute approximate surface area is 366 Å². The molecule has 7 atom stereocenters. The molecule has 1 heterocycles. The highest BCUT2D eigenvalue weighted by atomic mass is 16.4. The first-order chi connectivity index (χ1) is 30.0. The first-order valence-electron chi connectivity index (χ1n) is 20.9. The number of aromatic nitrogens is 2. The molecule has 0 aliphatic rings. The fourth-order valence-electron chi connectivity index (χ4n) is 6.39. The molecule has 3 aromatic rings. The minimum Gasteiger partial charge on any atom is -0.480 e. The Morgan fingerprint density at radius 2 is 1.25 bits per heavy atom. The topological polar surface area (TPSA) is 331 Å². The number of hydrogen-bond donors (Lipinski definition) is 11. The molecule has 14 N–H and O–H groups in total. The summed E-state index contributed by atoms with van der Waals surface area (Å²) in [6.07, 6.45) is 3.89. The Bertz CT molecular complexity index is 1980. The molecule has 3 rings (SSSR count). The molecule has 0 aliphatic carbocycles. The lowest BCUT2D eigenvalue weighted by Crippen LogP contribution is -2.61. The van der Waals surface area contributed by atoms with Gasteiger partial charge >= 0.3 is 5.97 Å². The van der Waals surface area contributed by atoms with Crippen LogP contribution in [0, 0.1) is 11.8 Å². The van der Waals surface area contributed by atoms with E-state index in [0.29, 0.717) is 29.7 Å². The molecule has 20 nitrogen and oxygen atoms in total. The summed E-state index contributed by atoms with van der Waals surface area (Å²) in [5, 5.41) is 25.9. The molecule has 0 saturated carbocycles. The Morgan fingerprint density at radius 3 is 1.79 bits per heavy atom. The van der Waals surface area contributed by atoms with Gasteiger partial charge in [0.1, 0.15) is 30.2 Å². The number of hydrogen-bond acceptors (Lipinski definition) is 10. The summed E-state index contributed by atoms with van der Waals surface area (Å²) in [6, 6.07) is 10.5. The first kappa shape index (κ1) is 50.5. The van der Waals surface area contributed by atoms with Crippen LogP contribution in [0.5, 0.6) is 0 Å². The van der Waals surface area contributed by atoms with E-state index in [1.165, 1.54) is 12.5 Å². The zero-order valence-corrected chi connectivity index (χ0v) is 36.1. The standard InChI is InChI=1S/C43H62N12O8/c1-5-26(4)36(41(61)53-33(42(62)63)20-28-15-10-7-11-16-28)55-39(59)31(19-27-13-8-6-9-14-27)51-38(58)32(21-29-22-47-24-50-29)52-40(60)35(25(2)3)54-34(56)23-49-37(57)30(44)17-12-18-48-43(45)46/h6-11,13-16,22,24-26,30-33,35-36H,5,12,17-21,23,44H2,1-4H3,(H,47,50)(H,49,57)(H,51,58)(H,52,60)(H,53,61)(H,54,56)(H,55,59)(H,62,63)(H4,45,46,48)/t26-,30-,31-,32-,33-,35-,36-/m0/s1. The van der Waals surface area contributed by atoms with Crippen LogP contribution in [0.4, 0.5) is 0 Å². The van der Waals surface area contributed by atoms with Crippen LogP contribution in [0.2, 0.25) is 0 Å². The van der Waals surface area contributed by atoms with Crippen molar-refractivity contribution in [1.29, 1.82) is 0 Å². The predicted molar refractivity (Wildman–Crippen MR) is 235 cm³/mol. The van der Waals surface area contributed by atoms with Crippen LogP contribution in [0.25, 0.3) is 0 Å². The highest BCUT2D eigenvalue weighted by Crippen LogP contribution is 2.13. The molecule has 0 fully saturated rings. The average molecular weight is 875 g/mol. The number of H-pyrrole nitrogens is 1. The maximum absolute atomic E-state index is 14.2. The van der Waals surface area contributed by atoms with E-state index in [4.69, 9.17) is 17.2 Å². The molecule has 342 valence electrons. The zero-order chi connectivity index (χ0) is 46.5. The molecule has 0 bridgehead atoms. The number of carbonyl (C=O) groups is 7. The van der Waals surface area contributed by atoms with Crippen LogP contribution >= 0.6 is 0 Å². The van der Waals surface area contributed by atoms with Gasteiger partial charge in [0.05, 0.1) is 18.9 Å². The third kappa shape index (κ3) is 17.6. The van der Waals surface area contributed by atoms with Crippen molar-refractivity contribution in [3.63, 3.8) is 0 Å². The second-order valence-corrected chi connectivity index (χ2v) is 15.6. The summed E-state index contributed by atoms with van der Waals surface area (Å²) in [7, 11) is 0. The van der Waals surface area contributed by atoms with E-state index < -0.39 is 96.0 Å². The first-order valence-corrected chi connectivity index (χ1v) is 20.9. The molecule has 1 aromatic heterocycles. The second-order valence-electron chi connectivity index (χ2n) is 15.6. The smallest absolute Gasteiger partial charge is 0.326 e. The largest absolute Gasteiger partial charge is 0.480 e. The molecule has 0 spiro atoms. The molecule has 0 radical (unpaired) electrons. The number of carboxylic acids is 1. The third-order valence-corrected chi connectivity index (χ3v) is 10.2. The number of amides is 6. The summed E-state index contributed by atoms with van der Waals surface area (Å²) in [4.78, 5) is 105. The van der Waals surface area contributed by atoms with Crippen LogP contribution in [0.15, 0.2) is 78.2 Å². The molecule has 2 aromatic carbocycles. The number of aromatic amines is 1. The van der Waals surface area contributed by atoms with Crippen LogP contribution in [-0.4, -0.2) is 112 Å². The van der Waals surface area contributed by atoms with Crippen molar-refractivity contribution in [3.05, 3.63) is 90.0 Å². The van der Waals surface area contributed by atoms with Gasteiger partial charge in [0, 0.05) is 37.7 Å². The molecule has 20 heteroatoms. The Kier molecular flexibility index (Phi) is 20.7. The monoisotopic (exact) mass is 874 g/mol. The van der Waals surface area contributed by atoms with E-state index in [1.54, 1.807) is 81.4 Å². The number of nitrogens with two attached hydrogens (primary N) is 3. The zero-order valence-electron chi connectivity index (χ0n) is 36.1. The number of carbonyl (C=O) groups excluding carboxylic acids is 6. The fourth-order valence-corrected chi connectivity index (χ4v) is 6.39. The second kappa shape index (κ2) is 25.8. The van der Waals surface area contributed by atoms with Crippen molar-refractivity contribution in [2.24, 2.45) is 34.0 Å².